The van der Waals surface area contributed by atoms with Gasteiger partial charge in [-0.05, 0) is 160 Å². The normalized spacial score (nSPS) is 47.9. The molecule has 0 spiro atoms. The Bertz CT molecular complexity index is 1580. The molecule has 8 fully saturated rings. The minimum absolute atomic E-state index is 0.147. The van der Waals surface area contributed by atoms with E-state index in [2.05, 4.69) is 65.6 Å². The number of fused-ring (bicyclic) bond motifs is 7. The number of carboxylic acid groups (broad SMARTS) is 1. The first kappa shape index (κ1) is 40.1. The Morgan fingerprint density at radius 2 is 1.45 bits per heavy atom. The molecular formula is C47H76N2O6. The molecule has 55 heavy (non-hydrogen) atoms. The van der Waals surface area contributed by atoms with E-state index in [1.807, 2.05) is 13.8 Å². The number of ether oxygens (including phenoxy) is 1. The molecule has 8 nitrogen and oxygen atoms in total. The van der Waals surface area contributed by atoms with Gasteiger partial charge in [0, 0.05) is 30.6 Å². The molecule has 1 heterocycles. The number of amides is 1. The van der Waals surface area contributed by atoms with Crippen molar-refractivity contribution in [2.45, 2.75) is 177 Å². The van der Waals surface area contributed by atoms with E-state index in [1.165, 1.54) is 38.5 Å². The van der Waals surface area contributed by atoms with Gasteiger partial charge in [-0.3, -0.25) is 19.3 Å². The van der Waals surface area contributed by atoms with Crippen LogP contribution in [0.4, 0.5) is 0 Å². The molecule has 3 N–H and O–H groups in total. The lowest BCUT2D eigenvalue weighted by atomic mass is 9.32. The van der Waals surface area contributed by atoms with Crippen molar-refractivity contribution in [3.8, 4) is 0 Å². The molecule has 0 bridgehead atoms. The monoisotopic (exact) mass is 765 g/mol. The summed E-state index contributed by atoms with van der Waals surface area (Å²) < 4.78 is 6.46. The molecule has 0 aromatic carbocycles. The van der Waals surface area contributed by atoms with Gasteiger partial charge in [0.1, 0.15) is 6.10 Å². The molecule has 7 saturated carbocycles. The first-order valence-corrected chi connectivity index (χ1v) is 22.6. The number of hydrogen-bond donors (Lipinski definition) is 3. The minimum Gasteiger partial charge on any atom is -0.481 e. The van der Waals surface area contributed by atoms with E-state index in [9.17, 15) is 19.8 Å². The Morgan fingerprint density at radius 3 is 2.07 bits per heavy atom. The molecule has 0 unspecified atom stereocenters. The number of likely N-dealkylation sites (tertiary alicyclic amines) is 1. The fraction of sp³-hybridized carbons (Fsp3) is 0.936. The maximum Gasteiger partial charge on any atom is 0.309 e. The van der Waals surface area contributed by atoms with Crippen LogP contribution < -0.4 is 5.32 Å². The van der Waals surface area contributed by atoms with E-state index in [-0.39, 0.29) is 56.7 Å². The SMILES string of the molecule is CC(C)(CN1CC[C@@H](O)C1)NC(=O)[C@]12CC[C@@H](C3(C)CC3)[C@@H]1[C@H]1CC[C@@H]3[C@@]4(C)CC[C@H](OC(=O)[C@H]5C[C@@H](C(=O)O)C5(C)C)C(C)(C)[C@@H]4CC[C@@]3(C)[C@]1(C)CC2. The van der Waals surface area contributed by atoms with Gasteiger partial charge >= 0.3 is 11.9 Å². The van der Waals surface area contributed by atoms with Crippen molar-refractivity contribution in [2.75, 3.05) is 19.6 Å². The number of aliphatic carboxylic acids is 1. The number of carbonyl (C=O) groups is 3. The highest BCUT2D eigenvalue weighted by Crippen LogP contribution is 2.79. The number of aliphatic hydroxyl groups excluding tert-OH is 1. The first-order chi connectivity index (χ1) is 25.5. The number of aliphatic hydroxyl groups is 1. The summed E-state index contributed by atoms with van der Waals surface area (Å²) in [6.07, 6.45) is 14.4. The largest absolute Gasteiger partial charge is 0.481 e. The van der Waals surface area contributed by atoms with E-state index in [4.69, 9.17) is 4.74 Å². The molecule has 0 aromatic heterocycles. The standard InChI is InChI=1S/C47H76N2O6/c1-40(2,27-49-24-16-28(50)26-49)48-39(54)47-19-13-29(43(7)20-21-43)36(47)30-11-12-34-44(8)17-15-35(55-38(53)32-25-31(37(51)52)41(32,3)4)42(5,6)33(44)14-18-46(34,10)45(30,9)22-23-47/h28-36,50H,11-27H2,1-10H3,(H,48,54)(H,51,52)/t28-,29-,30-,31+,32-,33+,34-,35+,36-,44+,45-,46-,47+/m1/s1. The quantitative estimate of drug-likeness (QED) is 0.213. The number of carbonyl (C=O) groups excluding carboxylic acids is 2. The van der Waals surface area contributed by atoms with Crippen molar-refractivity contribution >= 4 is 17.8 Å². The molecule has 7 aliphatic carbocycles. The molecule has 1 amide bonds. The molecule has 0 radical (unpaired) electrons. The second kappa shape index (κ2) is 12.7. The molecule has 8 rings (SSSR count). The highest BCUT2D eigenvalue weighted by Gasteiger charge is 2.74. The third-order valence-electron chi connectivity index (χ3n) is 20.2. The fourth-order valence-electron chi connectivity index (χ4n) is 16.5. The highest BCUT2D eigenvalue weighted by atomic mass is 16.5. The summed E-state index contributed by atoms with van der Waals surface area (Å²) in [4.78, 5) is 42.8. The van der Waals surface area contributed by atoms with Crippen LogP contribution in [0.2, 0.25) is 0 Å². The van der Waals surface area contributed by atoms with Crippen molar-refractivity contribution in [3.05, 3.63) is 0 Å². The molecule has 13 atom stereocenters. The summed E-state index contributed by atoms with van der Waals surface area (Å²) in [6.45, 7) is 25.8. The zero-order chi connectivity index (χ0) is 39.9. The number of hydrogen-bond acceptors (Lipinski definition) is 6. The minimum atomic E-state index is -0.812. The summed E-state index contributed by atoms with van der Waals surface area (Å²) in [5, 5.41) is 23.6. The molecule has 1 saturated heterocycles. The van der Waals surface area contributed by atoms with Gasteiger partial charge in [0.15, 0.2) is 0 Å². The number of esters is 1. The van der Waals surface area contributed by atoms with Gasteiger partial charge < -0.3 is 20.3 Å². The van der Waals surface area contributed by atoms with E-state index in [0.29, 0.717) is 53.9 Å². The second-order valence-electron chi connectivity index (χ2n) is 24.0. The van der Waals surface area contributed by atoms with Crippen molar-refractivity contribution in [1.82, 2.24) is 10.2 Å². The van der Waals surface area contributed by atoms with Crippen molar-refractivity contribution in [1.29, 1.82) is 0 Å². The fourth-order valence-corrected chi connectivity index (χ4v) is 16.5. The van der Waals surface area contributed by atoms with E-state index >= 15 is 4.79 Å². The summed E-state index contributed by atoms with van der Waals surface area (Å²) >= 11 is 0. The van der Waals surface area contributed by atoms with Crippen LogP contribution in [0.25, 0.3) is 0 Å². The van der Waals surface area contributed by atoms with E-state index in [1.54, 1.807) is 0 Å². The summed E-state index contributed by atoms with van der Waals surface area (Å²) in [7, 11) is 0. The van der Waals surface area contributed by atoms with Crippen LogP contribution >= 0.6 is 0 Å². The van der Waals surface area contributed by atoms with Crippen LogP contribution in [0.5, 0.6) is 0 Å². The number of carboxylic acids is 1. The van der Waals surface area contributed by atoms with Gasteiger partial charge in [-0.15, -0.1) is 0 Å². The maximum atomic E-state index is 15.0. The lowest BCUT2D eigenvalue weighted by Gasteiger charge is -2.73. The van der Waals surface area contributed by atoms with Crippen LogP contribution in [0.1, 0.15) is 159 Å². The van der Waals surface area contributed by atoms with E-state index < -0.39 is 17.3 Å². The second-order valence-corrected chi connectivity index (χ2v) is 24.0. The van der Waals surface area contributed by atoms with Gasteiger partial charge in [0.2, 0.25) is 5.91 Å². The molecule has 0 aromatic rings. The lowest BCUT2D eigenvalue weighted by Crippen LogP contribution is -2.68. The van der Waals surface area contributed by atoms with Crippen molar-refractivity contribution in [2.24, 2.45) is 79.3 Å². The van der Waals surface area contributed by atoms with Crippen LogP contribution in [-0.4, -0.2) is 70.3 Å². The number of β-amino-alcohol motifs (C(OH)–C–C–N with tert-alkyl or cyclic N) is 1. The number of nitrogens with one attached hydrogen (secondary N) is 1. The van der Waals surface area contributed by atoms with Gasteiger partial charge in [-0.2, -0.15) is 0 Å². The van der Waals surface area contributed by atoms with Crippen LogP contribution in [0.3, 0.4) is 0 Å². The van der Waals surface area contributed by atoms with Gasteiger partial charge in [-0.25, -0.2) is 0 Å². The zero-order valence-electron chi connectivity index (χ0n) is 36.2. The predicted molar refractivity (Wildman–Crippen MR) is 214 cm³/mol. The van der Waals surface area contributed by atoms with Gasteiger partial charge in [0.05, 0.1) is 23.4 Å². The summed E-state index contributed by atoms with van der Waals surface area (Å²) in [5.74, 6) is 1.08. The Labute approximate surface area is 332 Å². The molecule has 8 heteroatoms. The Balaban J connectivity index is 1.03. The molecule has 310 valence electrons. The predicted octanol–water partition coefficient (Wildman–Crippen LogP) is 8.49. The average molecular weight is 765 g/mol. The van der Waals surface area contributed by atoms with Gasteiger partial charge in [0.25, 0.3) is 0 Å². The van der Waals surface area contributed by atoms with Crippen LogP contribution in [0.15, 0.2) is 0 Å². The topological polar surface area (TPSA) is 116 Å². The third-order valence-corrected chi connectivity index (χ3v) is 20.2. The third kappa shape index (κ3) is 5.79. The number of rotatable bonds is 8. The Kier molecular flexibility index (Phi) is 9.24. The maximum absolute atomic E-state index is 15.0. The molecule has 1 aliphatic heterocycles. The zero-order valence-corrected chi connectivity index (χ0v) is 36.2. The summed E-state index contributed by atoms with van der Waals surface area (Å²) in [6, 6.07) is 0. The Morgan fingerprint density at radius 1 is 0.745 bits per heavy atom. The van der Waals surface area contributed by atoms with Gasteiger partial charge in [-0.1, -0.05) is 55.4 Å². The van der Waals surface area contributed by atoms with Crippen LogP contribution in [-0.2, 0) is 19.1 Å². The first-order valence-electron chi connectivity index (χ1n) is 22.6. The lowest BCUT2D eigenvalue weighted by molar-refractivity contribution is -0.252. The number of nitrogens with zero attached hydrogens (tertiary/aromatic N) is 1. The van der Waals surface area contributed by atoms with Crippen molar-refractivity contribution in [3.63, 3.8) is 0 Å². The summed E-state index contributed by atoms with van der Waals surface area (Å²) in [5.41, 5.74) is -0.539. The van der Waals surface area contributed by atoms with E-state index in [0.717, 1.165) is 58.0 Å². The molecular weight excluding hydrogens is 689 g/mol. The van der Waals surface area contributed by atoms with Crippen molar-refractivity contribution < 1.29 is 29.3 Å². The highest BCUT2D eigenvalue weighted by molar-refractivity contribution is 5.84. The Hall–Kier alpha value is -1.67. The van der Waals surface area contributed by atoms with Crippen LogP contribution in [0, 0.1) is 79.3 Å². The average Bonchev–Trinajstić information content (AvgIpc) is 3.48. The smallest absolute Gasteiger partial charge is 0.309 e. The molecule has 8 aliphatic rings.